The Morgan fingerprint density at radius 1 is 1.00 bits per heavy atom. The van der Waals surface area contributed by atoms with Crippen molar-refractivity contribution in [3.8, 4) is 0 Å². The minimum atomic E-state index is 0. The molecule has 0 aliphatic rings. The molecular formula is CaLaNaPb. The average Bonchev–Trinajstić information content (AvgIpc) is 0. The quantitative estimate of drug-likeness (QED) is 0.444. The minimum absolute atomic E-state index is 0. The molecule has 0 rings (SSSR count). The van der Waals surface area contributed by atoms with Crippen LogP contribution in [0.25, 0.3) is 0 Å². The van der Waals surface area contributed by atoms with E-state index >= 15 is 0 Å². The summed E-state index contributed by atoms with van der Waals surface area (Å²) in [6.07, 6.45) is 0. The molecule has 0 spiro atoms. The van der Waals surface area contributed by atoms with E-state index in [2.05, 4.69) is 0 Å². The third-order valence-corrected chi connectivity index (χ3v) is 0. The molecule has 0 bridgehead atoms. The molecule has 0 atom stereocenters. The van der Waals surface area contributed by atoms with Crippen molar-refractivity contribution in [2.24, 2.45) is 0 Å². The van der Waals surface area contributed by atoms with Crippen molar-refractivity contribution >= 4 is 94.6 Å². The molecule has 0 fully saturated rings. The molecule has 4 heteroatoms. The molecular weight excluding hydrogens is 409 g/mol. The van der Waals surface area contributed by atoms with Crippen LogP contribution < -0.4 is 0 Å². The topological polar surface area (TPSA) is 0 Å². The summed E-state index contributed by atoms with van der Waals surface area (Å²) in [6, 6.07) is 0. The van der Waals surface area contributed by atoms with Gasteiger partial charge in [0.15, 0.2) is 0 Å². The van der Waals surface area contributed by atoms with Gasteiger partial charge in [0.25, 0.3) is 0 Å². The third-order valence-electron chi connectivity index (χ3n) is 0. The van der Waals surface area contributed by atoms with Gasteiger partial charge in [-0.15, -0.1) is 0 Å². The molecule has 0 saturated heterocycles. The SMILES string of the molecule is [Ca].[La].[Na].[Pb]. The van der Waals surface area contributed by atoms with E-state index in [4.69, 9.17) is 0 Å². The van der Waals surface area contributed by atoms with E-state index in [1.807, 2.05) is 0 Å². The van der Waals surface area contributed by atoms with Gasteiger partial charge in [-0.25, -0.2) is 0 Å². The molecule has 0 unspecified atom stereocenters. The van der Waals surface area contributed by atoms with Gasteiger partial charge in [-0.1, -0.05) is 0 Å². The van der Waals surface area contributed by atoms with Crippen LogP contribution in [0.15, 0.2) is 0 Å². The van der Waals surface area contributed by atoms with Crippen LogP contribution in [0.5, 0.6) is 0 Å². The van der Waals surface area contributed by atoms with E-state index in [1.165, 1.54) is 0 Å². The normalized spacial score (nSPS) is 0. The fraction of sp³-hybridized carbons (Fsp3) is 0. The summed E-state index contributed by atoms with van der Waals surface area (Å²) in [4.78, 5) is 0. The van der Waals surface area contributed by atoms with Crippen molar-refractivity contribution in [2.75, 3.05) is 0 Å². The second kappa shape index (κ2) is 15.7. The summed E-state index contributed by atoms with van der Waals surface area (Å²) in [5, 5.41) is 0. The summed E-state index contributed by atoms with van der Waals surface area (Å²) in [6.45, 7) is 0. The molecule has 0 aromatic carbocycles. The van der Waals surface area contributed by atoms with E-state index in [9.17, 15) is 0 Å². The molecule has 0 nitrogen and oxygen atoms in total. The zero-order valence-electron chi connectivity index (χ0n) is 2.78. The Hall–Kier alpha value is 4.38. The first-order valence-electron chi connectivity index (χ1n) is 0. The van der Waals surface area contributed by atoms with Gasteiger partial charge in [0, 0.05) is 130 Å². The van der Waals surface area contributed by atoms with Crippen LogP contribution in [0, 0.1) is 35.6 Å². The molecule has 4 heavy (non-hydrogen) atoms. The Kier molecular flexibility index (Phi) is 93.2. The van der Waals surface area contributed by atoms with Gasteiger partial charge in [-0.2, -0.15) is 0 Å². The second-order valence-electron chi connectivity index (χ2n) is 0. The molecule has 0 saturated carbocycles. The van der Waals surface area contributed by atoms with Crippen molar-refractivity contribution < 1.29 is 35.6 Å². The molecule has 10 valence electrons. The van der Waals surface area contributed by atoms with Crippen molar-refractivity contribution in [3.63, 3.8) is 0 Å². The maximum atomic E-state index is 0. The predicted octanol–water partition coefficient (Wildman–Crippen LogP) is -1.14. The van der Waals surface area contributed by atoms with Crippen LogP contribution in [-0.2, 0) is 0 Å². The fourth-order valence-electron chi connectivity index (χ4n) is 0. The standard InChI is InChI=1S/Ca.La.Na.Pb. The molecule has 0 aliphatic heterocycles. The van der Waals surface area contributed by atoms with Crippen LogP contribution in [0.4, 0.5) is 0 Å². The summed E-state index contributed by atoms with van der Waals surface area (Å²) >= 11 is 0. The Bertz CT molecular complexity index is 8.00. The van der Waals surface area contributed by atoms with Gasteiger partial charge in [-0.3, -0.25) is 0 Å². The fourth-order valence-corrected chi connectivity index (χ4v) is 0. The van der Waals surface area contributed by atoms with E-state index < -0.39 is 0 Å². The van der Waals surface area contributed by atoms with E-state index in [-0.39, 0.29) is 130 Å². The summed E-state index contributed by atoms with van der Waals surface area (Å²) in [7, 11) is 0. The van der Waals surface area contributed by atoms with Gasteiger partial charge in [0.2, 0.25) is 0 Å². The van der Waals surface area contributed by atoms with Crippen molar-refractivity contribution in [3.05, 3.63) is 0 Å². The molecule has 0 N–H and O–H groups in total. The van der Waals surface area contributed by atoms with Crippen LogP contribution >= 0.6 is 0 Å². The maximum absolute atomic E-state index is 0. The van der Waals surface area contributed by atoms with Gasteiger partial charge in [-0.05, 0) is 0 Å². The third kappa shape index (κ3) is 9.62. The smallest absolute Gasteiger partial charge is 0 e. The molecule has 0 heterocycles. The Balaban J connectivity index is 0. The van der Waals surface area contributed by atoms with Gasteiger partial charge < -0.3 is 0 Å². The second-order valence-corrected chi connectivity index (χ2v) is 0. The summed E-state index contributed by atoms with van der Waals surface area (Å²) in [5.41, 5.74) is 0. The molecule has 0 amide bonds. The average molecular weight is 409 g/mol. The summed E-state index contributed by atoms with van der Waals surface area (Å²) < 4.78 is 0. The van der Waals surface area contributed by atoms with Crippen LogP contribution in [0.2, 0.25) is 0 Å². The van der Waals surface area contributed by atoms with Crippen molar-refractivity contribution in [1.29, 1.82) is 0 Å². The first-order chi connectivity index (χ1) is 0. The minimum Gasteiger partial charge on any atom is 0 e. The van der Waals surface area contributed by atoms with E-state index in [0.717, 1.165) is 0 Å². The Morgan fingerprint density at radius 3 is 1.00 bits per heavy atom. The summed E-state index contributed by atoms with van der Waals surface area (Å²) in [5.74, 6) is 0. The Morgan fingerprint density at radius 2 is 1.00 bits per heavy atom. The first-order valence-corrected chi connectivity index (χ1v) is 0. The number of hydrogen-bond donors (Lipinski definition) is 0. The number of hydrogen-bond acceptors (Lipinski definition) is 0. The van der Waals surface area contributed by atoms with Crippen LogP contribution in [0.3, 0.4) is 0 Å². The largest absolute Gasteiger partial charge is 0 e. The number of rotatable bonds is 0. The van der Waals surface area contributed by atoms with Crippen LogP contribution in [-0.4, -0.2) is 94.6 Å². The van der Waals surface area contributed by atoms with Gasteiger partial charge >= 0.3 is 0 Å². The monoisotopic (exact) mass is 410 g/mol. The zero-order valence-corrected chi connectivity index (χ0v) is 14.5. The predicted molar refractivity (Wildman–Crippen MR) is 17.3 cm³/mol. The van der Waals surface area contributed by atoms with E-state index in [0.29, 0.717) is 0 Å². The van der Waals surface area contributed by atoms with E-state index in [1.54, 1.807) is 0 Å². The molecule has 8 radical (unpaired) electrons. The van der Waals surface area contributed by atoms with Gasteiger partial charge in [0.1, 0.15) is 0 Å². The zero-order chi connectivity index (χ0) is 0. The van der Waals surface area contributed by atoms with Gasteiger partial charge in [0.05, 0.1) is 0 Å². The van der Waals surface area contributed by atoms with Crippen molar-refractivity contribution in [2.45, 2.75) is 0 Å². The first kappa shape index (κ1) is 23.8. The molecule has 0 aromatic rings. The van der Waals surface area contributed by atoms with Crippen LogP contribution in [0.1, 0.15) is 0 Å². The van der Waals surface area contributed by atoms with Crippen molar-refractivity contribution in [1.82, 2.24) is 0 Å². The molecule has 0 aliphatic carbocycles. The molecule has 0 aromatic heterocycles. The Labute approximate surface area is 126 Å². The maximum Gasteiger partial charge on any atom is 0 e.